The summed E-state index contributed by atoms with van der Waals surface area (Å²) in [5.74, 6) is 1.65. The summed E-state index contributed by atoms with van der Waals surface area (Å²) in [5.41, 5.74) is 6.87. The second kappa shape index (κ2) is 9.05. The molecule has 0 spiro atoms. The lowest BCUT2D eigenvalue weighted by Crippen LogP contribution is -2.24. The normalized spacial score (nSPS) is 10.5. The zero-order chi connectivity index (χ0) is 19.1. The molecule has 0 amide bonds. The second-order valence-electron chi connectivity index (χ2n) is 5.53. The summed E-state index contributed by atoms with van der Waals surface area (Å²) in [4.78, 5) is 0. The molecule has 26 heavy (non-hydrogen) atoms. The third-order valence-electron chi connectivity index (χ3n) is 3.92. The standard InChI is InChI=1S/C19H23N3O3S/c1-12-7-6-8-15(13(12)2)21-19(26)22-20-11-14-9-16(23-3)18(25-5)17(10-14)24-4/h6-11H,1-5H3,(H2,21,22,26)/b20-11+. The number of benzene rings is 2. The molecule has 0 aromatic heterocycles. The fourth-order valence-corrected chi connectivity index (χ4v) is 2.54. The Kier molecular flexibility index (Phi) is 6.80. The average Bonchev–Trinajstić information content (AvgIpc) is 2.64. The fourth-order valence-electron chi connectivity index (χ4n) is 2.38. The molecule has 0 aliphatic heterocycles. The molecule has 2 aromatic rings. The quantitative estimate of drug-likeness (QED) is 0.458. The first kappa shape index (κ1) is 19.5. The van der Waals surface area contributed by atoms with E-state index < -0.39 is 0 Å². The minimum Gasteiger partial charge on any atom is -0.493 e. The smallest absolute Gasteiger partial charge is 0.203 e. The summed E-state index contributed by atoms with van der Waals surface area (Å²) in [6, 6.07) is 9.60. The van der Waals surface area contributed by atoms with Gasteiger partial charge in [0.05, 0.1) is 27.5 Å². The van der Waals surface area contributed by atoms with Gasteiger partial charge in [0.2, 0.25) is 5.75 Å². The van der Waals surface area contributed by atoms with Gasteiger partial charge in [-0.1, -0.05) is 12.1 Å². The van der Waals surface area contributed by atoms with E-state index in [9.17, 15) is 0 Å². The van der Waals surface area contributed by atoms with Crippen molar-refractivity contribution in [3.63, 3.8) is 0 Å². The Morgan fingerprint density at radius 2 is 1.69 bits per heavy atom. The fraction of sp³-hybridized carbons (Fsp3) is 0.263. The molecular weight excluding hydrogens is 350 g/mol. The highest BCUT2D eigenvalue weighted by atomic mass is 32.1. The summed E-state index contributed by atoms with van der Waals surface area (Å²) in [6.07, 6.45) is 1.63. The van der Waals surface area contributed by atoms with Crippen LogP contribution >= 0.6 is 12.2 Å². The molecule has 138 valence electrons. The Labute approximate surface area is 159 Å². The molecule has 2 N–H and O–H groups in total. The van der Waals surface area contributed by atoms with Crippen LogP contribution in [-0.2, 0) is 0 Å². The summed E-state index contributed by atoms with van der Waals surface area (Å²) in [5, 5.41) is 7.71. The van der Waals surface area contributed by atoms with Crippen molar-refractivity contribution < 1.29 is 14.2 Å². The molecule has 0 unspecified atom stereocenters. The van der Waals surface area contributed by atoms with Gasteiger partial charge in [0.15, 0.2) is 16.6 Å². The average molecular weight is 373 g/mol. The highest BCUT2D eigenvalue weighted by Gasteiger charge is 2.12. The predicted octanol–water partition coefficient (Wildman–Crippen LogP) is 3.65. The lowest BCUT2D eigenvalue weighted by atomic mass is 10.1. The number of hydrogen-bond acceptors (Lipinski definition) is 5. The third kappa shape index (κ3) is 4.64. The minimum absolute atomic E-state index is 0.405. The van der Waals surface area contributed by atoms with Crippen LogP contribution in [0.4, 0.5) is 5.69 Å². The Bertz CT molecular complexity index is 797. The van der Waals surface area contributed by atoms with Gasteiger partial charge < -0.3 is 19.5 Å². The Hall–Kier alpha value is -2.80. The van der Waals surface area contributed by atoms with Gasteiger partial charge in [-0.3, -0.25) is 5.43 Å². The first-order valence-electron chi connectivity index (χ1n) is 7.96. The van der Waals surface area contributed by atoms with Crippen LogP contribution in [0.3, 0.4) is 0 Å². The molecule has 2 rings (SSSR count). The van der Waals surface area contributed by atoms with E-state index in [-0.39, 0.29) is 0 Å². The molecular formula is C19H23N3O3S. The summed E-state index contributed by atoms with van der Waals surface area (Å²) < 4.78 is 16.0. The van der Waals surface area contributed by atoms with Crippen molar-refractivity contribution in [3.8, 4) is 17.2 Å². The number of thiocarbonyl (C=S) groups is 1. The molecule has 0 saturated carbocycles. The SMILES string of the molecule is COc1cc(/C=N/NC(=S)Nc2cccc(C)c2C)cc(OC)c1OC. The van der Waals surface area contributed by atoms with Crippen LogP contribution in [0.15, 0.2) is 35.4 Å². The van der Waals surface area contributed by atoms with Gasteiger partial charge in [-0.05, 0) is 55.4 Å². The van der Waals surface area contributed by atoms with Crippen LogP contribution in [0.25, 0.3) is 0 Å². The maximum atomic E-state index is 5.32. The zero-order valence-corrected chi connectivity index (χ0v) is 16.4. The number of ether oxygens (including phenoxy) is 3. The highest BCUT2D eigenvalue weighted by Crippen LogP contribution is 2.37. The molecule has 0 heterocycles. The number of nitrogens with zero attached hydrogens (tertiary/aromatic N) is 1. The Morgan fingerprint density at radius 3 is 2.27 bits per heavy atom. The van der Waals surface area contributed by atoms with Crippen LogP contribution in [0.2, 0.25) is 0 Å². The van der Waals surface area contributed by atoms with Gasteiger partial charge in [-0.2, -0.15) is 5.10 Å². The number of methoxy groups -OCH3 is 3. The van der Waals surface area contributed by atoms with Crippen molar-refractivity contribution in [2.45, 2.75) is 13.8 Å². The van der Waals surface area contributed by atoms with Crippen LogP contribution < -0.4 is 25.0 Å². The zero-order valence-electron chi connectivity index (χ0n) is 15.5. The number of nitrogens with one attached hydrogen (secondary N) is 2. The van der Waals surface area contributed by atoms with Crippen molar-refractivity contribution in [2.75, 3.05) is 26.6 Å². The number of hydrogen-bond donors (Lipinski definition) is 2. The number of hydrazone groups is 1. The van der Waals surface area contributed by atoms with Gasteiger partial charge >= 0.3 is 0 Å². The van der Waals surface area contributed by atoms with Crippen molar-refractivity contribution in [1.29, 1.82) is 0 Å². The number of rotatable bonds is 6. The maximum absolute atomic E-state index is 5.32. The summed E-state index contributed by atoms with van der Waals surface area (Å²) in [7, 11) is 4.70. The first-order chi connectivity index (χ1) is 12.5. The molecule has 0 fully saturated rings. The molecule has 2 aromatic carbocycles. The van der Waals surface area contributed by atoms with Crippen molar-refractivity contribution in [3.05, 3.63) is 47.0 Å². The summed E-state index contributed by atoms with van der Waals surface area (Å²) >= 11 is 5.29. The van der Waals surface area contributed by atoms with Gasteiger partial charge in [0, 0.05) is 11.3 Å². The van der Waals surface area contributed by atoms with Crippen LogP contribution in [0, 0.1) is 13.8 Å². The second-order valence-corrected chi connectivity index (χ2v) is 5.94. The molecule has 0 atom stereocenters. The van der Waals surface area contributed by atoms with Gasteiger partial charge in [0.1, 0.15) is 0 Å². The number of aryl methyl sites for hydroxylation is 1. The number of anilines is 1. The molecule has 0 bridgehead atoms. The Morgan fingerprint density at radius 1 is 1.04 bits per heavy atom. The molecule has 0 aliphatic carbocycles. The van der Waals surface area contributed by atoms with E-state index in [1.807, 2.05) is 19.1 Å². The minimum atomic E-state index is 0.405. The predicted molar refractivity (Wildman–Crippen MR) is 109 cm³/mol. The van der Waals surface area contributed by atoms with Gasteiger partial charge in [-0.25, -0.2) is 0 Å². The van der Waals surface area contributed by atoms with E-state index in [1.165, 1.54) is 5.56 Å². The monoisotopic (exact) mass is 373 g/mol. The van der Waals surface area contributed by atoms with E-state index >= 15 is 0 Å². The molecule has 0 saturated heterocycles. The van der Waals surface area contributed by atoms with E-state index in [2.05, 4.69) is 28.8 Å². The molecule has 6 nitrogen and oxygen atoms in total. The van der Waals surface area contributed by atoms with Crippen LogP contribution in [0.1, 0.15) is 16.7 Å². The van der Waals surface area contributed by atoms with Crippen LogP contribution in [0.5, 0.6) is 17.2 Å². The maximum Gasteiger partial charge on any atom is 0.203 e. The first-order valence-corrected chi connectivity index (χ1v) is 8.37. The Balaban J connectivity index is 2.08. The largest absolute Gasteiger partial charge is 0.493 e. The van der Waals surface area contributed by atoms with Crippen molar-refractivity contribution in [2.24, 2.45) is 5.10 Å². The van der Waals surface area contributed by atoms with E-state index in [1.54, 1.807) is 39.7 Å². The topological polar surface area (TPSA) is 64.1 Å². The highest BCUT2D eigenvalue weighted by molar-refractivity contribution is 7.80. The lowest BCUT2D eigenvalue weighted by molar-refractivity contribution is 0.324. The molecule has 7 heteroatoms. The van der Waals surface area contributed by atoms with Crippen molar-refractivity contribution in [1.82, 2.24) is 5.43 Å². The van der Waals surface area contributed by atoms with Gasteiger partial charge in [-0.15, -0.1) is 0 Å². The lowest BCUT2D eigenvalue weighted by Gasteiger charge is -2.13. The third-order valence-corrected chi connectivity index (χ3v) is 4.11. The van der Waals surface area contributed by atoms with Crippen LogP contribution in [-0.4, -0.2) is 32.7 Å². The van der Waals surface area contributed by atoms with E-state index in [4.69, 9.17) is 26.4 Å². The molecule has 0 aliphatic rings. The molecule has 0 radical (unpaired) electrons. The van der Waals surface area contributed by atoms with Crippen molar-refractivity contribution >= 4 is 29.2 Å². The van der Waals surface area contributed by atoms with Gasteiger partial charge in [0.25, 0.3) is 0 Å². The summed E-state index contributed by atoms with van der Waals surface area (Å²) in [6.45, 7) is 4.10. The van der Waals surface area contributed by atoms with E-state index in [0.29, 0.717) is 22.4 Å². The van der Waals surface area contributed by atoms with E-state index in [0.717, 1.165) is 16.8 Å².